The number of thiazole rings is 1. The van der Waals surface area contributed by atoms with Gasteiger partial charge in [0.05, 0.1) is 12.1 Å². The summed E-state index contributed by atoms with van der Waals surface area (Å²) in [5.41, 5.74) is 2.47. The Kier molecular flexibility index (Phi) is 5.70. The van der Waals surface area contributed by atoms with Crippen molar-refractivity contribution in [1.82, 2.24) is 10.3 Å². The second kappa shape index (κ2) is 7.73. The van der Waals surface area contributed by atoms with Crippen molar-refractivity contribution in [3.63, 3.8) is 0 Å². The smallest absolute Gasteiger partial charge is 0.325 e. The van der Waals surface area contributed by atoms with E-state index >= 15 is 0 Å². The molecule has 0 aliphatic carbocycles. The molecule has 0 atom stereocenters. The van der Waals surface area contributed by atoms with Crippen LogP contribution in [-0.2, 0) is 11.2 Å². The van der Waals surface area contributed by atoms with E-state index in [2.05, 4.69) is 20.9 Å². The Hall–Kier alpha value is -2.41. The third-order valence-corrected chi connectivity index (χ3v) is 3.68. The summed E-state index contributed by atoms with van der Waals surface area (Å²) in [7, 11) is 0. The summed E-state index contributed by atoms with van der Waals surface area (Å²) in [6, 6.07) is 7.24. The maximum Gasteiger partial charge on any atom is 0.325 e. The van der Waals surface area contributed by atoms with Gasteiger partial charge in [-0.3, -0.25) is 10.1 Å². The maximum atomic E-state index is 11.9. The van der Waals surface area contributed by atoms with Crippen LogP contribution in [0.5, 0.6) is 0 Å². The second-order valence-electron chi connectivity index (χ2n) is 5.49. The van der Waals surface area contributed by atoms with Gasteiger partial charge in [-0.25, -0.2) is 9.78 Å². The Balaban J connectivity index is 1.87. The Morgan fingerprint density at radius 2 is 1.87 bits per heavy atom. The predicted octanol–water partition coefficient (Wildman–Crippen LogP) is 3.16. The van der Waals surface area contributed by atoms with Gasteiger partial charge in [0, 0.05) is 17.1 Å². The molecule has 3 amide bonds. The van der Waals surface area contributed by atoms with Crippen LogP contribution in [0.1, 0.15) is 25.1 Å². The van der Waals surface area contributed by atoms with Crippen LogP contribution in [0.4, 0.5) is 15.6 Å². The van der Waals surface area contributed by atoms with Crippen molar-refractivity contribution < 1.29 is 9.59 Å². The first-order valence-corrected chi connectivity index (χ1v) is 8.19. The fourth-order valence-electron chi connectivity index (χ4n) is 1.88. The van der Waals surface area contributed by atoms with Crippen LogP contribution in [0.2, 0.25) is 0 Å². The highest BCUT2D eigenvalue weighted by molar-refractivity contribution is 7.13. The Labute approximate surface area is 139 Å². The molecule has 2 aromatic rings. The molecule has 122 valence electrons. The zero-order chi connectivity index (χ0) is 16.8. The number of hydrogen-bond donors (Lipinski definition) is 3. The number of hydrogen-bond acceptors (Lipinski definition) is 4. The summed E-state index contributed by atoms with van der Waals surface area (Å²) in [6.07, 6.45) is 0.204. The quantitative estimate of drug-likeness (QED) is 0.786. The molecule has 0 saturated carbocycles. The Morgan fingerprint density at radius 1 is 1.17 bits per heavy atom. The van der Waals surface area contributed by atoms with Gasteiger partial charge in [-0.2, -0.15) is 0 Å². The maximum absolute atomic E-state index is 11.9. The first-order valence-electron chi connectivity index (χ1n) is 7.31. The highest BCUT2D eigenvalue weighted by atomic mass is 32.1. The van der Waals surface area contributed by atoms with Gasteiger partial charge in [0.2, 0.25) is 5.91 Å². The number of carbonyl (C=O) groups is 2. The first-order chi connectivity index (χ1) is 10.9. The number of nitrogens with zero attached hydrogens (tertiary/aromatic N) is 1. The van der Waals surface area contributed by atoms with Crippen LogP contribution in [0, 0.1) is 6.92 Å². The number of nitrogens with one attached hydrogen (secondary N) is 3. The van der Waals surface area contributed by atoms with E-state index in [1.807, 2.05) is 45.0 Å². The van der Waals surface area contributed by atoms with Crippen molar-refractivity contribution in [2.45, 2.75) is 33.2 Å². The fourth-order valence-corrected chi connectivity index (χ4v) is 2.58. The summed E-state index contributed by atoms with van der Waals surface area (Å²) in [4.78, 5) is 27.8. The van der Waals surface area contributed by atoms with Crippen LogP contribution in [0.15, 0.2) is 29.6 Å². The summed E-state index contributed by atoms with van der Waals surface area (Å²) in [6.45, 7) is 5.79. The lowest BCUT2D eigenvalue weighted by Crippen LogP contribution is -2.31. The van der Waals surface area contributed by atoms with Crippen molar-refractivity contribution in [3.8, 4) is 0 Å². The van der Waals surface area contributed by atoms with E-state index in [0.29, 0.717) is 16.5 Å². The minimum atomic E-state index is -0.360. The lowest BCUT2D eigenvalue weighted by atomic mass is 10.2. The predicted molar refractivity (Wildman–Crippen MR) is 92.9 cm³/mol. The number of aryl methyl sites for hydroxylation is 1. The van der Waals surface area contributed by atoms with Gasteiger partial charge in [0.1, 0.15) is 0 Å². The minimum Gasteiger partial charge on any atom is -0.354 e. The Bertz CT molecular complexity index is 680. The molecular weight excluding hydrogens is 312 g/mol. The van der Waals surface area contributed by atoms with Gasteiger partial charge in [-0.1, -0.05) is 17.7 Å². The van der Waals surface area contributed by atoms with Gasteiger partial charge >= 0.3 is 6.03 Å². The number of anilines is 2. The molecule has 1 aromatic carbocycles. The number of rotatable bonds is 5. The number of aromatic nitrogens is 1. The molecule has 2 rings (SSSR count). The molecule has 0 radical (unpaired) electrons. The molecule has 7 heteroatoms. The van der Waals surface area contributed by atoms with Crippen molar-refractivity contribution in [2.75, 3.05) is 10.6 Å². The van der Waals surface area contributed by atoms with Crippen LogP contribution in [-0.4, -0.2) is 23.0 Å². The van der Waals surface area contributed by atoms with Crippen molar-refractivity contribution in [2.24, 2.45) is 0 Å². The van der Waals surface area contributed by atoms with E-state index in [1.165, 1.54) is 11.3 Å². The van der Waals surface area contributed by atoms with Gasteiger partial charge in [-0.05, 0) is 32.9 Å². The third kappa shape index (κ3) is 5.71. The highest BCUT2D eigenvalue weighted by Gasteiger charge is 2.10. The van der Waals surface area contributed by atoms with Gasteiger partial charge in [0.15, 0.2) is 5.13 Å². The van der Waals surface area contributed by atoms with Crippen molar-refractivity contribution in [3.05, 3.63) is 40.9 Å². The van der Waals surface area contributed by atoms with Crippen LogP contribution in [0.3, 0.4) is 0 Å². The number of benzene rings is 1. The van der Waals surface area contributed by atoms with Crippen molar-refractivity contribution in [1.29, 1.82) is 0 Å². The molecule has 0 unspecified atom stereocenters. The molecule has 0 aliphatic heterocycles. The number of carbonyl (C=O) groups excluding carboxylic acids is 2. The summed E-state index contributed by atoms with van der Waals surface area (Å²) in [5.74, 6) is -0.0824. The number of amides is 3. The first kappa shape index (κ1) is 17.0. The number of urea groups is 1. The molecule has 0 bridgehead atoms. The molecule has 0 spiro atoms. The Morgan fingerprint density at radius 3 is 2.52 bits per heavy atom. The van der Waals surface area contributed by atoms with Gasteiger partial charge < -0.3 is 10.6 Å². The monoisotopic (exact) mass is 332 g/mol. The van der Waals surface area contributed by atoms with Gasteiger partial charge in [0.25, 0.3) is 0 Å². The van der Waals surface area contributed by atoms with E-state index in [-0.39, 0.29) is 24.4 Å². The SMILES string of the molecule is Cc1ccc(NC(=O)Nc2nc(CC(=O)NC(C)C)cs2)cc1. The molecular formula is C16H20N4O2S. The van der Waals surface area contributed by atoms with E-state index in [1.54, 1.807) is 5.38 Å². The summed E-state index contributed by atoms with van der Waals surface area (Å²) >= 11 is 1.29. The summed E-state index contributed by atoms with van der Waals surface area (Å²) in [5, 5.41) is 10.4. The third-order valence-electron chi connectivity index (χ3n) is 2.87. The molecule has 0 aliphatic rings. The van der Waals surface area contributed by atoms with Crippen LogP contribution >= 0.6 is 11.3 Å². The highest BCUT2D eigenvalue weighted by Crippen LogP contribution is 2.16. The molecule has 6 nitrogen and oxygen atoms in total. The molecule has 3 N–H and O–H groups in total. The van der Waals surface area contributed by atoms with Gasteiger partial charge in [-0.15, -0.1) is 11.3 Å². The average Bonchev–Trinajstić information content (AvgIpc) is 2.87. The topological polar surface area (TPSA) is 83.1 Å². The van der Waals surface area contributed by atoms with Crippen LogP contribution < -0.4 is 16.0 Å². The summed E-state index contributed by atoms with van der Waals surface area (Å²) < 4.78 is 0. The molecule has 1 aromatic heterocycles. The lowest BCUT2D eigenvalue weighted by molar-refractivity contribution is -0.120. The average molecular weight is 332 g/mol. The molecule has 23 heavy (non-hydrogen) atoms. The molecule has 0 fully saturated rings. The zero-order valence-electron chi connectivity index (χ0n) is 13.3. The fraction of sp³-hybridized carbons (Fsp3) is 0.312. The van der Waals surface area contributed by atoms with Crippen LogP contribution in [0.25, 0.3) is 0 Å². The van der Waals surface area contributed by atoms with E-state index in [4.69, 9.17) is 0 Å². The second-order valence-corrected chi connectivity index (χ2v) is 6.35. The normalized spacial score (nSPS) is 10.4. The molecule has 0 saturated heterocycles. The van der Waals surface area contributed by atoms with E-state index < -0.39 is 0 Å². The zero-order valence-corrected chi connectivity index (χ0v) is 14.2. The molecule has 1 heterocycles. The van der Waals surface area contributed by atoms with Crippen molar-refractivity contribution >= 4 is 34.1 Å². The standard InChI is InChI=1S/C16H20N4O2S/c1-10(2)17-14(21)8-13-9-23-16(19-13)20-15(22)18-12-6-4-11(3)5-7-12/h4-7,9-10H,8H2,1-3H3,(H,17,21)(H2,18,19,20,22). The lowest BCUT2D eigenvalue weighted by Gasteiger charge is -2.06. The van der Waals surface area contributed by atoms with E-state index in [0.717, 1.165) is 5.56 Å². The minimum absolute atomic E-state index is 0.0824. The largest absolute Gasteiger partial charge is 0.354 e. The van der Waals surface area contributed by atoms with E-state index in [9.17, 15) is 9.59 Å².